The number of pyridine rings is 1. The molecule has 4 atom stereocenters. The van der Waals surface area contributed by atoms with E-state index in [0.29, 0.717) is 53.1 Å². The normalized spacial score (nSPS) is 26.2. The molecule has 3 fully saturated rings. The van der Waals surface area contributed by atoms with Gasteiger partial charge in [-0.25, -0.2) is 23.2 Å². The van der Waals surface area contributed by atoms with Crippen molar-refractivity contribution in [2.75, 3.05) is 19.0 Å². The van der Waals surface area contributed by atoms with Gasteiger partial charge in [0.05, 0.1) is 29.6 Å². The number of likely N-dealkylation sites (tertiary alicyclic amines) is 1. The van der Waals surface area contributed by atoms with Crippen LogP contribution in [0.4, 0.5) is 9.93 Å². The van der Waals surface area contributed by atoms with Crippen LogP contribution in [0.15, 0.2) is 41.8 Å². The zero-order valence-corrected chi connectivity index (χ0v) is 35.9. The Morgan fingerprint density at radius 2 is 1.79 bits per heavy atom. The first-order chi connectivity index (χ1) is 27.5. The summed E-state index contributed by atoms with van der Waals surface area (Å²) in [4.78, 5) is 53.3. The number of ether oxygens (including phenoxy) is 3. The van der Waals surface area contributed by atoms with Crippen LogP contribution in [0, 0.1) is 5.92 Å². The molecule has 314 valence electrons. The second kappa shape index (κ2) is 16.3. The van der Waals surface area contributed by atoms with E-state index in [4.69, 9.17) is 24.2 Å². The minimum absolute atomic E-state index is 0.0148. The number of allylic oxidation sites excluding steroid dienone is 1. The lowest BCUT2D eigenvalue weighted by molar-refractivity contribution is -0.131. The Morgan fingerprint density at radius 3 is 2.52 bits per heavy atom. The number of carbonyl (C=O) groups excluding carboxylic acids is 3. The van der Waals surface area contributed by atoms with Gasteiger partial charge < -0.3 is 24.8 Å². The number of sulfonamides is 1. The van der Waals surface area contributed by atoms with Crippen LogP contribution in [0.3, 0.4) is 0 Å². The maximum atomic E-state index is 14.5. The highest BCUT2D eigenvalue weighted by molar-refractivity contribution is 7.91. The third-order valence-corrected chi connectivity index (χ3v) is 14.4. The van der Waals surface area contributed by atoms with E-state index in [-0.39, 0.29) is 25.4 Å². The largest absolute Gasteiger partial charge is 0.497 e. The fraction of sp³-hybridized carbons (Fsp3) is 0.595. The van der Waals surface area contributed by atoms with Gasteiger partial charge in [-0.15, -0.1) is 11.3 Å². The van der Waals surface area contributed by atoms with E-state index in [2.05, 4.69) is 15.4 Å². The van der Waals surface area contributed by atoms with Crippen molar-refractivity contribution in [3.63, 3.8) is 0 Å². The van der Waals surface area contributed by atoms with Crippen molar-refractivity contribution >= 4 is 55.3 Å². The molecule has 2 saturated carbocycles. The Balaban J connectivity index is 1.17. The quantitative estimate of drug-likeness (QED) is 0.197. The van der Waals surface area contributed by atoms with E-state index < -0.39 is 61.9 Å². The van der Waals surface area contributed by atoms with Gasteiger partial charge in [-0.3, -0.25) is 19.2 Å². The van der Waals surface area contributed by atoms with Crippen molar-refractivity contribution in [2.45, 2.75) is 139 Å². The lowest BCUT2D eigenvalue weighted by atomic mass is 10.1. The Hall–Kier alpha value is -4.44. The molecule has 4 aliphatic rings. The second-order valence-electron chi connectivity index (χ2n) is 17.5. The molecule has 3 aromatic rings. The van der Waals surface area contributed by atoms with E-state index in [1.807, 2.05) is 55.6 Å². The molecule has 0 bridgehead atoms. The fourth-order valence-corrected chi connectivity index (χ4v) is 10.5. The second-order valence-corrected chi connectivity index (χ2v) is 20.4. The summed E-state index contributed by atoms with van der Waals surface area (Å²) in [5.74, 6) is -0.641. The fourth-order valence-electron chi connectivity index (χ4n) is 7.97. The Labute approximate surface area is 344 Å². The summed E-state index contributed by atoms with van der Waals surface area (Å²) in [5, 5.41) is 9.65. The SMILES string of the molecule is COc1ccc2c(O[C@@H]3C[C@@H](C(=O)N[C@]45C[C@H]4/C=C/CCCCCCCC4(CC4)S(=O)(=O)NC5=O)N(C(=O)OC(C)(C)C)C3)cc(-c3csc(NC(C)C)n3)nc2c1. The summed E-state index contributed by atoms with van der Waals surface area (Å²) >= 11 is 1.47. The number of methoxy groups -OCH3 is 1. The molecular formula is C42H56N6O8S2. The predicted molar refractivity (Wildman–Crippen MR) is 223 cm³/mol. The van der Waals surface area contributed by atoms with E-state index in [1.165, 1.54) is 16.2 Å². The number of hydrogen-bond acceptors (Lipinski definition) is 12. The summed E-state index contributed by atoms with van der Waals surface area (Å²) in [6, 6.07) is 6.40. The molecular weight excluding hydrogens is 781 g/mol. The maximum absolute atomic E-state index is 14.5. The number of carbonyl (C=O) groups is 3. The van der Waals surface area contributed by atoms with Crippen LogP contribution >= 0.6 is 11.3 Å². The van der Waals surface area contributed by atoms with Crippen LogP contribution in [0.2, 0.25) is 0 Å². The summed E-state index contributed by atoms with van der Waals surface area (Å²) in [6.45, 7) is 9.34. The number of thiazole rings is 1. The third kappa shape index (κ3) is 9.07. The van der Waals surface area contributed by atoms with Crippen LogP contribution < -0.4 is 24.8 Å². The molecule has 58 heavy (non-hydrogen) atoms. The van der Waals surface area contributed by atoms with E-state index >= 15 is 0 Å². The first-order valence-electron chi connectivity index (χ1n) is 20.4. The molecule has 4 heterocycles. The number of nitrogens with one attached hydrogen (secondary N) is 3. The zero-order chi connectivity index (χ0) is 41.5. The minimum Gasteiger partial charge on any atom is -0.497 e. The van der Waals surface area contributed by atoms with Crippen LogP contribution in [-0.4, -0.2) is 88.9 Å². The molecule has 7 rings (SSSR count). The highest BCUT2D eigenvalue weighted by Crippen LogP contribution is 2.50. The predicted octanol–water partition coefficient (Wildman–Crippen LogP) is 7.10. The average Bonchev–Trinajstić information content (AvgIpc) is 3.98. The van der Waals surface area contributed by atoms with Gasteiger partial charge in [-0.1, -0.05) is 37.8 Å². The van der Waals surface area contributed by atoms with Crippen LogP contribution in [0.5, 0.6) is 11.5 Å². The number of hydrogen-bond donors (Lipinski definition) is 3. The van der Waals surface area contributed by atoms with Crippen molar-refractivity contribution in [1.29, 1.82) is 0 Å². The zero-order valence-electron chi connectivity index (χ0n) is 34.3. The molecule has 0 radical (unpaired) electrons. The smallest absolute Gasteiger partial charge is 0.411 e. The third-order valence-electron chi connectivity index (χ3n) is 11.4. The first kappa shape index (κ1) is 41.7. The Bertz CT molecular complexity index is 2180. The monoisotopic (exact) mass is 836 g/mol. The van der Waals surface area contributed by atoms with Crippen molar-refractivity contribution in [1.82, 2.24) is 24.9 Å². The Morgan fingerprint density at radius 1 is 1.03 bits per heavy atom. The molecule has 3 amide bonds. The van der Waals surface area contributed by atoms with Gasteiger partial charge in [0.1, 0.15) is 40.5 Å². The molecule has 16 heteroatoms. The average molecular weight is 837 g/mol. The van der Waals surface area contributed by atoms with Crippen molar-refractivity contribution in [2.24, 2.45) is 5.92 Å². The molecule has 1 aromatic carbocycles. The van der Waals surface area contributed by atoms with Gasteiger partial charge in [0.25, 0.3) is 5.91 Å². The van der Waals surface area contributed by atoms with Gasteiger partial charge in [0.2, 0.25) is 15.9 Å². The molecule has 1 spiro atoms. The van der Waals surface area contributed by atoms with Gasteiger partial charge in [-0.2, -0.15) is 0 Å². The summed E-state index contributed by atoms with van der Waals surface area (Å²) in [6.07, 6.45) is 10.1. The molecule has 2 aliphatic heterocycles. The number of fused-ring (bicyclic) bond motifs is 2. The van der Waals surface area contributed by atoms with Crippen molar-refractivity contribution in [3.8, 4) is 22.9 Å². The molecule has 1 saturated heterocycles. The van der Waals surface area contributed by atoms with Gasteiger partial charge in [-0.05, 0) is 85.3 Å². The van der Waals surface area contributed by atoms with Gasteiger partial charge >= 0.3 is 6.09 Å². The van der Waals surface area contributed by atoms with Gasteiger partial charge in [0, 0.05) is 41.3 Å². The number of nitrogens with zero attached hydrogens (tertiary/aromatic N) is 3. The summed E-state index contributed by atoms with van der Waals surface area (Å²) in [5.41, 5.74) is -0.502. The van der Waals surface area contributed by atoms with E-state index in [9.17, 15) is 22.8 Å². The van der Waals surface area contributed by atoms with Crippen LogP contribution in [0.1, 0.15) is 105 Å². The molecule has 0 unspecified atom stereocenters. The molecule has 14 nitrogen and oxygen atoms in total. The number of benzene rings is 1. The Kier molecular flexibility index (Phi) is 11.7. The van der Waals surface area contributed by atoms with Crippen molar-refractivity contribution in [3.05, 3.63) is 41.8 Å². The lowest BCUT2D eigenvalue weighted by Crippen LogP contribution is -2.57. The topological polar surface area (TPSA) is 178 Å². The standard InChI is InChI=1S/C42H56N6O8S2/c1-26(2)43-38-45-33(25-57-38)32-22-35(30-16-15-28(54-6)20-31(30)44-32)55-29-21-34(48(24-29)39(51)56-40(3,4)5)36(49)46-42-23-27(42)14-12-10-8-7-9-11-13-17-41(18-19-41)58(52,53)47-37(42)50/h12,14-16,20,22,25-27,29,34H,7-11,13,17-19,21,23-24H2,1-6H3,(H,43,45)(H,46,49)(H,47,50)/b14-12+/t27-,29-,34+,42-/m1/s1. The first-order valence-corrected chi connectivity index (χ1v) is 22.8. The minimum atomic E-state index is -3.99. The molecule has 3 N–H and O–H groups in total. The van der Waals surface area contributed by atoms with Crippen molar-refractivity contribution < 1.29 is 37.0 Å². The number of rotatable bonds is 8. The maximum Gasteiger partial charge on any atom is 0.411 e. The lowest BCUT2D eigenvalue weighted by Gasteiger charge is -2.29. The van der Waals surface area contributed by atoms with E-state index in [0.717, 1.165) is 43.7 Å². The summed E-state index contributed by atoms with van der Waals surface area (Å²) < 4.78 is 46.8. The number of anilines is 1. The highest BCUT2D eigenvalue weighted by Gasteiger charge is 2.63. The number of aromatic nitrogens is 2. The molecule has 2 aliphatic carbocycles. The van der Waals surface area contributed by atoms with E-state index in [1.54, 1.807) is 27.9 Å². The highest BCUT2D eigenvalue weighted by atomic mass is 32.2. The van der Waals surface area contributed by atoms with Gasteiger partial charge in [0.15, 0.2) is 5.13 Å². The summed E-state index contributed by atoms with van der Waals surface area (Å²) in [7, 11) is -2.41. The van der Waals surface area contributed by atoms with Crippen LogP contribution in [0.25, 0.3) is 22.3 Å². The van der Waals surface area contributed by atoms with Crippen LogP contribution in [-0.2, 0) is 24.3 Å². The number of amides is 3. The molecule has 2 aromatic heterocycles.